The van der Waals surface area contributed by atoms with E-state index < -0.39 is 0 Å². The quantitative estimate of drug-likeness (QED) is 0.848. The fraction of sp³-hybridized carbons (Fsp3) is 0.625. The van der Waals surface area contributed by atoms with E-state index in [0.717, 1.165) is 42.3 Å². The molecule has 106 valence electrons. The molecule has 0 bridgehead atoms. The lowest BCUT2D eigenvalue weighted by molar-refractivity contribution is 0.357. The highest BCUT2D eigenvalue weighted by Crippen LogP contribution is 2.44. The minimum atomic E-state index is 0.0833. The van der Waals surface area contributed by atoms with Crippen LogP contribution in [0.4, 0.5) is 5.69 Å². The van der Waals surface area contributed by atoms with Crippen LogP contribution in [0.2, 0.25) is 0 Å². The van der Waals surface area contributed by atoms with E-state index in [1.54, 1.807) is 0 Å². The topological polar surface area (TPSA) is 52.0 Å². The standard InChI is InChI=1S/C16H22N4/c1-10-5-15(13(6-17)11(2)19-10)20-9-12-7-18-8-14(12)16(20,3)4/h5,12,14,18H,7-9H2,1-4H3. The average Bonchev–Trinajstić information content (AvgIpc) is 2.91. The Kier molecular flexibility index (Phi) is 2.98. The van der Waals surface area contributed by atoms with Crippen molar-refractivity contribution in [2.45, 2.75) is 33.2 Å². The van der Waals surface area contributed by atoms with Crippen molar-refractivity contribution >= 4 is 5.69 Å². The normalized spacial score (nSPS) is 27.4. The Balaban J connectivity index is 2.08. The number of fused-ring (bicyclic) bond motifs is 1. The minimum absolute atomic E-state index is 0.0833. The molecule has 2 unspecified atom stereocenters. The van der Waals surface area contributed by atoms with Crippen LogP contribution in [-0.4, -0.2) is 30.2 Å². The molecule has 3 rings (SSSR count). The van der Waals surface area contributed by atoms with Crippen molar-refractivity contribution in [3.05, 3.63) is 23.0 Å². The van der Waals surface area contributed by atoms with Crippen molar-refractivity contribution < 1.29 is 0 Å². The molecule has 0 amide bonds. The summed E-state index contributed by atoms with van der Waals surface area (Å²) >= 11 is 0. The van der Waals surface area contributed by atoms with Gasteiger partial charge in [0.2, 0.25) is 0 Å². The second-order valence-corrected chi connectivity index (χ2v) is 6.64. The van der Waals surface area contributed by atoms with Gasteiger partial charge in [0, 0.05) is 30.9 Å². The Morgan fingerprint density at radius 2 is 2.15 bits per heavy atom. The molecule has 1 aromatic rings. The summed E-state index contributed by atoms with van der Waals surface area (Å²) in [6.45, 7) is 11.7. The van der Waals surface area contributed by atoms with Crippen LogP contribution in [0.15, 0.2) is 6.07 Å². The summed E-state index contributed by atoms with van der Waals surface area (Å²) in [6, 6.07) is 4.42. The molecular weight excluding hydrogens is 248 g/mol. The number of aryl methyl sites for hydroxylation is 2. The largest absolute Gasteiger partial charge is 0.365 e. The summed E-state index contributed by atoms with van der Waals surface area (Å²) in [7, 11) is 0. The van der Waals surface area contributed by atoms with Crippen molar-refractivity contribution in [3.63, 3.8) is 0 Å². The highest BCUT2D eigenvalue weighted by atomic mass is 15.3. The first-order valence-electron chi connectivity index (χ1n) is 7.32. The first kappa shape index (κ1) is 13.4. The van der Waals surface area contributed by atoms with Crippen molar-refractivity contribution in [3.8, 4) is 6.07 Å². The van der Waals surface area contributed by atoms with Gasteiger partial charge in [0.25, 0.3) is 0 Å². The number of nitrogens with zero attached hydrogens (tertiary/aromatic N) is 3. The summed E-state index contributed by atoms with van der Waals surface area (Å²) in [6.07, 6.45) is 0. The minimum Gasteiger partial charge on any atom is -0.365 e. The van der Waals surface area contributed by atoms with Crippen molar-refractivity contribution in [1.82, 2.24) is 10.3 Å². The zero-order valence-electron chi connectivity index (χ0n) is 12.7. The van der Waals surface area contributed by atoms with Gasteiger partial charge in [-0.15, -0.1) is 0 Å². The van der Waals surface area contributed by atoms with Gasteiger partial charge in [-0.05, 0) is 45.6 Å². The Morgan fingerprint density at radius 1 is 1.40 bits per heavy atom. The monoisotopic (exact) mass is 270 g/mol. The molecule has 3 heterocycles. The van der Waals surface area contributed by atoms with Crippen LogP contribution in [0, 0.1) is 37.0 Å². The lowest BCUT2D eigenvalue weighted by Gasteiger charge is -2.38. The van der Waals surface area contributed by atoms with Gasteiger partial charge in [-0.25, -0.2) is 0 Å². The molecule has 0 spiro atoms. The van der Waals surface area contributed by atoms with Gasteiger partial charge < -0.3 is 10.2 Å². The van der Waals surface area contributed by atoms with Crippen LogP contribution in [0.25, 0.3) is 0 Å². The third-order valence-corrected chi connectivity index (χ3v) is 5.07. The number of pyridine rings is 1. The van der Waals surface area contributed by atoms with Gasteiger partial charge in [-0.2, -0.15) is 5.26 Å². The first-order chi connectivity index (χ1) is 9.45. The predicted molar refractivity (Wildman–Crippen MR) is 79.7 cm³/mol. The molecule has 0 saturated carbocycles. The zero-order chi connectivity index (χ0) is 14.5. The Hall–Kier alpha value is -1.60. The molecule has 4 nitrogen and oxygen atoms in total. The number of nitrogens with one attached hydrogen (secondary N) is 1. The second-order valence-electron chi connectivity index (χ2n) is 6.64. The lowest BCUT2D eigenvalue weighted by Crippen LogP contribution is -2.45. The smallest absolute Gasteiger partial charge is 0.103 e. The highest BCUT2D eigenvalue weighted by Gasteiger charge is 2.50. The van der Waals surface area contributed by atoms with Crippen LogP contribution in [-0.2, 0) is 0 Å². The van der Waals surface area contributed by atoms with Crippen molar-refractivity contribution in [2.75, 3.05) is 24.5 Å². The fourth-order valence-electron chi connectivity index (χ4n) is 3.99. The molecule has 2 atom stereocenters. The van der Waals surface area contributed by atoms with Crippen LogP contribution in [0.3, 0.4) is 0 Å². The van der Waals surface area contributed by atoms with E-state index >= 15 is 0 Å². The number of rotatable bonds is 1. The summed E-state index contributed by atoms with van der Waals surface area (Å²) < 4.78 is 0. The highest BCUT2D eigenvalue weighted by molar-refractivity contribution is 5.64. The van der Waals surface area contributed by atoms with Crippen LogP contribution in [0.5, 0.6) is 0 Å². The van der Waals surface area contributed by atoms with Crippen molar-refractivity contribution in [1.29, 1.82) is 5.26 Å². The SMILES string of the molecule is Cc1cc(N2CC3CNCC3C2(C)C)c(C#N)c(C)n1. The zero-order valence-corrected chi connectivity index (χ0v) is 12.7. The van der Waals surface area contributed by atoms with Crippen LogP contribution in [0.1, 0.15) is 30.8 Å². The van der Waals surface area contributed by atoms with Gasteiger partial charge >= 0.3 is 0 Å². The molecular formula is C16H22N4. The predicted octanol–water partition coefficient (Wildman–Crippen LogP) is 2.00. The summed E-state index contributed by atoms with van der Waals surface area (Å²) in [5.41, 5.74) is 3.71. The van der Waals surface area contributed by atoms with Gasteiger partial charge in [-0.1, -0.05) is 0 Å². The first-order valence-corrected chi connectivity index (χ1v) is 7.32. The molecule has 1 N–H and O–H groups in total. The number of aromatic nitrogens is 1. The molecule has 4 heteroatoms. The molecule has 2 fully saturated rings. The molecule has 20 heavy (non-hydrogen) atoms. The number of hydrogen-bond acceptors (Lipinski definition) is 4. The van der Waals surface area contributed by atoms with E-state index in [1.165, 1.54) is 0 Å². The summed E-state index contributed by atoms with van der Waals surface area (Å²) in [5.74, 6) is 1.34. The number of nitriles is 1. The van der Waals surface area contributed by atoms with E-state index in [2.05, 4.69) is 41.2 Å². The van der Waals surface area contributed by atoms with E-state index in [9.17, 15) is 5.26 Å². The van der Waals surface area contributed by atoms with Gasteiger partial charge in [0.15, 0.2) is 0 Å². The molecule has 2 saturated heterocycles. The second kappa shape index (κ2) is 4.46. The lowest BCUT2D eigenvalue weighted by atomic mass is 9.84. The third-order valence-electron chi connectivity index (χ3n) is 5.07. The van der Waals surface area contributed by atoms with E-state index in [4.69, 9.17) is 0 Å². The molecule has 0 radical (unpaired) electrons. The molecule has 0 aliphatic carbocycles. The molecule has 1 aromatic heterocycles. The maximum atomic E-state index is 9.49. The summed E-state index contributed by atoms with van der Waals surface area (Å²) in [5, 5.41) is 13.0. The van der Waals surface area contributed by atoms with Gasteiger partial charge in [-0.3, -0.25) is 4.98 Å². The van der Waals surface area contributed by atoms with E-state index in [1.807, 2.05) is 13.8 Å². The number of hydrogen-bond donors (Lipinski definition) is 1. The summed E-state index contributed by atoms with van der Waals surface area (Å²) in [4.78, 5) is 6.87. The average molecular weight is 270 g/mol. The molecule has 0 aromatic carbocycles. The van der Waals surface area contributed by atoms with Crippen LogP contribution >= 0.6 is 0 Å². The molecule has 2 aliphatic rings. The Labute approximate surface area is 120 Å². The molecule has 2 aliphatic heterocycles. The van der Waals surface area contributed by atoms with E-state index in [0.29, 0.717) is 11.8 Å². The maximum Gasteiger partial charge on any atom is 0.103 e. The van der Waals surface area contributed by atoms with Gasteiger partial charge in [0.1, 0.15) is 6.07 Å². The van der Waals surface area contributed by atoms with E-state index in [-0.39, 0.29) is 5.54 Å². The van der Waals surface area contributed by atoms with Crippen LogP contribution < -0.4 is 10.2 Å². The number of anilines is 1. The Bertz CT molecular complexity index is 585. The van der Waals surface area contributed by atoms with Crippen molar-refractivity contribution in [2.24, 2.45) is 11.8 Å². The fourth-order valence-corrected chi connectivity index (χ4v) is 3.99. The van der Waals surface area contributed by atoms with Gasteiger partial charge in [0.05, 0.1) is 16.9 Å². The maximum absolute atomic E-state index is 9.49. The third kappa shape index (κ3) is 1.81. The Morgan fingerprint density at radius 3 is 2.80 bits per heavy atom.